The molecule has 0 aliphatic carbocycles. The molecular weight excluding hydrogens is 597 g/mol. The van der Waals surface area contributed by atoms with E-state index in [1.54, 1.807) is 4.90 Å². The molecule has 5 aliphatic heterocycles. The van der Waals surface area contributed by atoms with Gasteiger partial charge in [0.25, 0.3) is 5.91 Å². The van der Waals surface area contributed by atoms with Crippen LogP contribution in [0, 0.1) is 5.92 Å². The molecule has 248 valence electrons. The molecule has 0 bridgehead atoms. The number of anilines is 2. The highest BCUT2D eigenvalue weighted by atomic mass is 16.7. The van der Waals surface area contributed by atoms with Gasteiger partial charge >= 0.3 is 13.1 Å². The topological polar surface area (TPSA) is 112 Å². The molecule has 2 aromatic carbocycles. The van der Waals surface area contributed by atoms with Gasteiger partial charge in [-0.1, -0.05) is 12.1 Å². The van der Waals surface area contributed by atoms with Gasteiger partial charge in [0, 0.05) is 62.6 Å². The Hall–Kier alpha value is -3.90. The van der Waals surface area contributed by atoms with Crippen molar-refractivity contribution in [3.63, 3.8) is 0 Å². The van der Waals surface area contributed by atoms with E-state index in [0.717, 1.165) is 67.8 Å². The lowest BCUT2D eigenvalue weighted by atomic mass is 9.79. The molecule has 11 nitrogen and oxygen atoms in total. The van der Waals surface area contributed by atoms with E-state index in [1.165, 1.54) is 0 Å². The lowest BCUT2D eigenvalue weighted by Crippen LogP contribution is -2.52. The van der Waals surface area contributed by atoms with Gasteiger partial charge in [0.2, 0.25) is 11.8 Å². The first-order valence-corrected chi connectivity index (χ1v) is 16.9. The Morgan fingerprint density at radius 2 is 1.62 bits per heavy atom. The van der Waals surface area contributed by atoms with Crippen molar-refractivity contribution in [3.8, 4) is 0 Å². The molecule has 5 aliphatic rings. The number of piperidine rings is 2. The largest absolute Gasteiger partial charge is 0.494 e. The number of imide groups is 1. The summed E-state index contributed by atoms with van der Waals surface area (Å²) in [4.78, 5) is 58.7. The van der Waals surface area contributed by atoms with Crippen LogP contribution in [0.25, 0.3) is 0 Å². The monoisotopic (exact) mass is 641 g/mol. The van der Waals surface area contributed by atoms with Crippen molar-refractivity contribution in [2.24, 2.45) is 5.92 Å². The van der Waals surface area contributed by atoms with E-state index in [4.69, 9.17) is 9.31 Å². The van der Waals surface area contributed by atoms with Crippen LogP contribution in [0.3, 0.4) is 0 Å². The molecule has 0 saturated carbocycles. The predicted octanol–water partition coefficient (Wildman–Crippen LogP) is 3.30. The zero-order valence-electron chi connectivity index (χ0n) is 27.8. The maximum Gasteiger partial charge on any atom is 0.494 e. The van der Waals surface area contributed by atoms with Crippen LogP contribution >= 0.6 is 0 Å². The summed E-state index contributed by atoms with van der Waals surface area (Å²) in [6.45, 7) is 12.5. The summed E-state index contributed by atoms with van der Waals surface area (Å²) in [5.74, 6) is -0.424. The van der Waals surface area contributed by atoms with Crippen LogP contribution in [0.2, 0.25) is 0 Å². The maximum atomic E-state index is 13.7. The summed E-state index contributed by atoms with van der Waals surface area (Å²) in [7, 11) is -0.475. The van der Waals surface area contributed by atoms with Crippen molar-refractivity contribution in [1.29, 1.82) is 0 Å². The third-order valence-electron chi connectivity index (χ3n) is 11.0. The fraction of sp³-hybridized carbons (Fsp3) is 0.543. The standard InChI is InChI=1S/C35H44BN5O6/c1-34(2)35(3,4)47-36(46-34)25-7-5-8-27(20-25)40-16-6-15-39(33(40)45)21-23-13-17-38(18-14-23)26-9-10-28-24(19-26)22-41(32(28)44)29-11-12-30(42)37-31(29)43/h5,7-10,19-20,23,29H,6,11-18,21-22H2,1-4H3,(H,37,42,43). The summed E-state index contributed by atoms with van der Waals surface area (Å²) in [5.41, 5.74) is 3.54. The number of fused-ring (bicyclic) bond motifs is 1. The van der Waals surface area contributed by atoms with E-state index in [0.29, 0.717) is 31.0 Å². The third kappa shape index (κ3) is 5.90. The average molecular weight is 642 g/mol. The van der Waals surface area contributed by atoms with Gasteiger partial charge in [-0.2, -0.15) is 0 Å². The lowest BCUT2D eigenvalue weighted by molar-refractivity contribution is -0.136. The minimum atomic E-state index is -0.612. The second kappa shape index (κ2) is 12.0. The normalized spacial score (nSPS) is 24.7. The highest BCUT2D eigenvalue weighted by molar-refractivity contribution is 6.62. The molecule has 0 radical (unpaired) electrons. The van der Waals surface area contributed by atoms with Crippen LogP contribution in [0.1, 0.15) is 75.7 Å². The Morgan fingerprint density at radius 1 is 0.872 bits per heavy atom. The molecule has 1 unspecified atom stereocenters. The van der Waals surface area contributed by atoms with Crippen LogP contribution in [0.5, 0.6) is 0 Å². The molecule has 1 N–H and O–H groups in total. The van der Waals surface area contributed by atoms with Gasteiger partial charge in [-0.3, -0.25) is 24.6 Å². The first-order valence-electron chi connectivity index (χ1n) is 16.9. The van der Waals surface area contributed by atoms with E-state index in [2.05, 4.69) is 16.3 Å². The molecule has 5 heterocycles. The highest BCUT2D eigenvalue weighted by Gasteiger charge is 2.52. The number of nitrogens with one attached hydrogen (secondary N) is 1. The molecule has 12 heteroatoms. The Morgan fingerprint density at radius 3 is 2.34 bits per heavy atom. The van der Waals surface area contributed by atoms with Crippen molar-refractivity contribution in [2.45, 2.75) is 83.6 Å². The molecular formula is C35H44BN5O6. The zero-order chi connectivity index (χ0) is 33.1. The fourth-order valence-electron chi connectivity index (χ4n) is 7.45. The summed E-state index contributed by atoms with van der Waals surface area (Å²) < 4.78 is 12.5. The van der Waals surface area contributed by atoms with Crippen molar-refractivity contribution in [3.05, 3.63) is 53.6 Å². The number of nitrogens with zero attached hydrogens (tertiary/aromatic N) is 4. The van der Waals surface area contributed by atoms with Crippen molar-refractivity contribution in [2.75, 3.05) is 42.5 Å². The zero-order valence-corrected chi connectivity index (χ0v) is 27.8. The molecule has 4 saturated heterocycles. The van der Waals surface area contributed by atoms with Crippen molar-refractivity contribution < 1.29 is 28.5 Å². The van der Waals surface area contributed by atoms with Crippen LogP contribution < -0.4 is 20.6 Å². The molecule has 4 fully saturated rings. The van der Waals surface area contributed by atoms with Crippen LogP contribution in [0.4, 0.5) is 16.2 Å². The smallest absolute Gasteiger partial charge is 0.399 e. The SMILES string of the molecule is CC1(C)OB(c2cccc(N3CCCN(CC4CCN(c5ccc6c(c5)CN(C5CCC(=O)NC5=O)C6=O)CC4)C3=O)c2)OC1(C)C. The second-order valence-electron chi connectivity index (χ2n) is 14.6. The van der Waals surface area contributed by atoms with Gasteiger partial charge < -0.3 is 24.0 Å². The van der Waals surface area contributed by atoms with Gasteiger partial charge in [0.15, 0.2) is 0 Å². The van der Waals surface area contributed by atoms with E-state index in [9.17, 15) is 19.2 Å². The molecule has 5 amide bonds. The summed E-state index contributed by atoms with van der Waals surface area (Å²) in [6, 6.07) is 13.4. The Labute approximate surface area is 276 Å². The van der Waals surface area contributed by atoms with Gasteiger partial charge in [0.1, 0.15) is 6.04 Å². The number of amides is 5. The van der Waals surface area contributed by atoms with Crippen LogP contribution in [-0.2, 0) is 25.4 Å². The number of hydrogen-bond acceptors (Lipinski definition) is 7. The average Bonchev–Trinajstić information content (AvgIpc) is 3.48. The number of urea groups is 1. The fourth-order valence-corrected chi connectivity index (χ4v) is 7.45. The number of carbonyl (C=O) groups excluding carboxylic acids is 4. The first kappa shape index (κ1) is 31.7. The van der Waals surface area contributed by atoms with E-state index < -0.39 is 30.3 Å². The quantitative estimate of drug-likeness (QED) is 0.381. The van der Waals surface area contributed by atoms with E-state index in [1.807, 2.05) is 73.9 Å². The molecule has 0 spiro atoms. The number of carbonyl (C=O) groups is 4. The first-order chi connectivity index (χ1) is 22.4. The highest BCUT2D eigenvalue weighted by Crippen LogP contribution is 2.37. The molecule has 0 aromatic heterocycles. The number of hydrogen-bond donors (Lipinski definition) is 1. The van der Waals surface area contributed by atoms with E-state index >= 15 is 0 Å². The third-order valence-corrected chi connectivity index (χ3v) is 11.0. The predicted molar refractivity (Wildman–Crippen MR) is 179 cm³/mol. The molecule has 47 heavy (non-hydrogen) atoms. The van der Waals surface area contributed by atoms with Crippen molar-refractivity contribution >= 4 is 47.7 Å². The van der Waals surface area contributed by atoms with Crippen LogP contribution in [-0.4, -0.2) is 90.6 Å². The Balaban J connectivity index is 0.950. The van der Waals surface area contributed by atoms with Gasteiger partial charge in [-0.05, 0) is 101 Å². The summed E-state index contributed by atoms with van der Waals surface area (Å²) in [5, 5.41) is 2.36. The lowest BCUT2D eigenvalue weighted by Gasteiger charge is -2.40. The Bertz CT molecular complexity index is 1590. The summed E-state index contributed by atoms with van der Waals surface area (Å²) >= 11 is 0. The van der Waals surface area contributed by atoms with Crippen molar-refractivity contribution in [1.82, 2.24) is 15.1 Å². The number of benzene rings is 2. The Kier molecular flexibility index (Phi) is 8.07. The summed E-state index contributed by atoms with van der Waals surface area (Å²) in [6.07, 6.45) is 3.46. The molecule has 1 atom stereocenters. The molecule has 7 rings (SSSR count). The van der Waals surface area contributed by atoms with Crippen LogP contribution in [0.15, 0.2) is 42.5 Å². The van der Waals surface area contributed by atoms with Gasteiger partial charge in [-0.15, -0.1) is 0 Å². The van der Waals surface area contributed by atoms with Gasteiger partial charge in [0.05, 0.1) is 11.2 Å². The second-order valence-corrected chi connectivity index (χ2v) is 14.6. The van der Waals surface area contributed by atoms with E-state index in [-0.39, 0.29) is 24.3 Å². The number of rotatable bonds is 6. The van der Waals surface area contributed by atoms with Gasteiger partial charge in [-0.25, -0.2) is 4.79 Å². The minimum Gasteiger partial charge on any atom is -0.399 e. The maximum absolute atomic E-state index is 13.7. The minimum absolute atomic E-state index is 0.0496. The molecule has 2 aromatic rings.